The average Bonchev–Trinajstić information content (AvgIpc) is 1.52. The number of furan rings is 4. The molecule has 0 unspecified atom stereocenters. The molecule has 0 N–H and O–H groups in total. The molecule has 0 radical (unpaired) electrons. The van der Waals surface area contributed by atoms with Crippen LogP contribution < -0.4 is 0 Å². The smallest absolute Gasteiger partial charge is 0.213 e. The minimum Gasteiger partial charge on any atom is -0.456 e. The molecular formula is C100H56N6O4. The molecule has 0 amide bonds. The maximum absolute atomic E-state index is 10.0. The summed E-state index contributed by atoms with van der Waals surface area (Å²) in [6.45, 7) is 10.0. The Morgan fingerprint density at radius 2 is 0.591 bits per heavy atom. The first-order valence-corrected chi connectivity index (χ1v) is 36.8. The Morgan fingerprint density at radius 3 is 1.03 bits per heavy atom. The predicted molar refractivity (Wildman–Crippen MR) is 447 cm³/mol. The van der Waals surface area contributed by atoms with Gasteiger partial charge in [0.1, 0.15) is 44.7 Å². The molecule has 0 spiro atoms. The van der Waals surface area contributed by atoms with Gasteiger partial charge in [0, 0.05) is 76.1 Å². The van der Waals surface area contributed by atoms with E-state index in [-0.39, 0.29) is 0 Å². The molecular weight excluding hydrogens is 1350 g/mol. The maximum Gasteiger partial charge on any atom is 0.213 e. The minimum absolute atomic E-state index is 0.335. The summed E-state index contributed by atoms with van der Waals surface area (Å²) in [6, 6.07) is 118. The quantitative estimate of drug-likeness (QED) is 0.126. The monoisotopic (exact) mass is 1400 g/mol. The Kier molecular flexibility index (Phi) is 13.3. The lowest BCUT2D eigenvalue weighted by molar-refractivity contribution is 0.668. The van der Waals surface area contributed by atoms with Crippen LogP contribution in [0.25, 0.3) is 237 Å². The zero-order valence-corrected chi connectivity index (χ0v) is 58.6. The van der Waals surface area contributed by atoms with Crippen molar-refractivity contribution in [2.45, 2.75) is 0 Å². The molecule has 10 nitrogen and oxygen atoms in total. The van der Waals surface area contributed by atoms with Crippen LogP contribution in [0.1, 0.15) is 0 Å². The van der Waals surface area contributed by atoms with Crippen LogP contribution in [-0.2, 0) is 0 Å². The normalized spacial score (nSPS) is 12.0. The van der Waals surface area contributed by atoms with Gasteiger partial charge in [-0.15, -0.1) is 0 Å². The van der Waals surface area contributed by atoms with Crippen molar-refractivity contribution < 1.29 is 17.7 Å². The molecule has 23 aromatic rings. The van der Waals surface area contributed by atoms with Crippen molar-refractivity contribution >= 4 is 137 Å². The zero-order chi connectivity index (χ0) is 72.2. The number of nitrogens with zero attached hydrogens (tertiary/aromatic N) is 6. The molecule has 0 saturated heterocycles. The lowest BCUT2D eigenvalue weighted by atomic mass is 9.93. The topological polar surface area (TPSA) is 105 Å². The van der Waals surface area contributed by atoms with E-state index in [1.54, 1.807) is 0 Å². The van der Waals surface area contributed by atoms with Gasteiger partial charge in [-0.25, -0.2) is 19.8 Å². The summed E-state index contributed by atoms with van der Waals surface area (Å²) in [7, 11) is 0. The molecule has 16 aromatic carbocycles. The first kappa shape index (κ1) is 61.2. The summed E-state index contributed by atoms with van der Waals surface area (Å²) in [5.74, 6) is 1.17. The fraction of sp³-hybridized carbons (Fsp3) is 0. The molecule has 0 atom stereocenters. The van der Waals surface area contributed by atoms with Crippen molar-refractivity contribution in [2.24, 2.45) is 0 Å². The third kappa shape index (κ3) is 9.25. The average molecular weight is 1410 g/mol. The zero-order valence-electron chi connectivity index (χ0n) is 58.6. The number of hydrogen-bond donors (Lipinski definition) is 0. The largest absolute Gasteiger partial charge is 0.456 e. The van der Waals surface area contributed by atoms with Crippen LogP contribution >= 0.6 is 0 Å². The molecule has 510 valence electrons. The molecule has 0 bridgehead atoms. The fourth-order valence-electron chi connectivity index (χ4n) is 17.3. The molecule has 7 aromatic heterocycles. The van der Waals surface area contributed by atoms with E-state index < -0.39 is 0 Å². The van der Waals surface area contributed by atoms with Crippen LogP contribution in [0.15, 0.2) is 357 Å². The van der Waals surface area contributed by atoms with E-state index in [0.29, 0.717) is 51.3 Å². The first-order valence-electron chi connectivity index (χ1n) is 36.8. The van der Waals surface area contributed by atoms with Crippen LogP contribution in [-0.4, -0.2) is 24.1 Å². The molecule has 0 aliphatic carbocycles. The third-order valence-electron chi connectivity index (χ3n) is 22.2. The number of para-hydroxylation sites is 2. The van der Waals surface area contributed by atoms with E-state index in [4.69, 9.17) is 37.5 Å². The fourth-order valence-corrected chi connectivity index (χ4v) is 17.3. The van der Waals surface area contributed by atoms with Crippen molar-refractivity contribution in [3.8, 4) is 101 Å². The highest BCUT2D eigenvalue weighted by Crippen LogP contribution is 2.54. The molecule has 0 aliphatic rings. The van der Waals surface area contributed by atoms with E-state index in [9.17, 15) is 6.57 Å². The molecule has 10 heteroatoms. The van der Waals surface area contributed by atoms with Gasteiger partial charge in [0.25, 0.3) is 0 Å². The Labute approximate surface area is 627 Å². The highest BCUT2D eigenvalue weighted by atomic mass is 16.3. The lowest BCUT2D eigenvalue weighted by Gasteiger charge is -2.25. The number of hydrogen-bond acceptors (Lipinski definition) is 7. The van der Waals surface area contributed by atoms with Gasteiger partial charge in [-0.3, -0.25) is 0 Å². The van der Waals surface area contributed by atoms with Crippen LogP contribution in [0, 0.1) is 6.57 Å². The predicted octanol–water partition coefficient (Wildman–Crippen LogP) is 27.6. The molecule has 0 saturated carbocycles. The Hall–Kier alpha value is -15.2. The molecule has 110 heavy (non-hydrogen) atoms. The number of benzene rings is 16. The van der Waals surface area contributed by atoms with Gasteiger partial charge < -0.3 is 26.8 Å². The first-order chi connectivity index (χ1) is 54.5. The van der Waals surface area contributed by atoms with Gasteiger partial charge in [-0.05, 0) is 153 Å². The molecule has 0 fully saturated rings. The minimum atomic E-state index is 0.335. The van der Waals surface area contributed by atoms with Gasteiger partial charge >= 0.3 is 0 Å². The van der Waals surface area contributed by atoms with Crippen molar-refractivity contribution in [2.75, 3.05) is 0 Å². The van der Waals surface area contributed by atoms with Gasteiger partial charge in [0.2, 0.25) is 5.69 Å². The summed E-state index contributed by atoms with van der Waals surface area (Å²) in [4.78, 5) is 22.0. The number of rotatable bonds is 10. The van der Waals surface area contributed by atoms with Crippen molar-refractivity contribution in [3.63, 3.8) is 0 Å². The standard InChI is InChI=1S/C100H56N6O4/c1-101-78-57-77(100-103-98(71-35-21-39-87-90(71)69-33-17-19-37-83(69)107-87)102-99(104-100)72-36-22-40-88-91(72)70-34-18-20-38-84(70)108-88)89(62-31-15-6-16-32-62)95(106-80-48-42-64(59-25-9-3-10-26-59)56-76(80)93-82(106)50-46-68-74-54-66(61-29-13-5-14-30-61)44-52-86(74)110-97(68)93)94(78)105-79-47-41-63(58-23-7-2-8-24-58)55-75(79)92-81(105)49-45-67-73-53-65(60-27-11-4-12-28-60)43-51-85(73)109-96(67)92/h2-57H. The Balaban J connectivity index is 0.902. The van der Waals surface area contributed by atoms with Crippen LogP contribution in [0.3, 0.4) is 0 Å². The summed E-state index contributed by atoms with van der Waals surface area (Å²) in [6.07, 6.45) is 0. The van der Waals surface area contributed by atoms with Crippen molar-refractivity contribution in [3.05, 3.63) is 351 Å². The van der Waals surface area contributed by atoms with E-state index in [0.717, 1.165) is 187 Å². The Morgan fingerprint density at radius 1 is 0.236 bits per heavy atom. The van der Waals surface area contributed by atoms with Crippen LogP contribution in [0.2, 0.25) is 0 Å². The van der Waals surface area contributed by atoms with Gasteiger partial charge in [-0.1, -0.05) is 237 Å². The van der Waals surface area contributed by atoms with E-state index in [2.05, 4.69) is 270 Å². The van der Waals surface area contributed by atoms with Gasteiger partial charge in [-0.2, -0.15) is 0 Å². The highest BCUT2D eigenvalue weighted by molar-refractivity contribution is 6.28. The SMILES string of the molecule is [C-]#[N+]c1cc(-c2nc(-c3cccc4oc5ccccc5c34)nc(-c3cccc4oc5ccccc5c34)n2)c(-c2ccccc2)c(-n2c3ccc(-c4ccccc4)cc3c3c4oc5ccc(-c6ccccc6)cc5c4ccc32)c1-n1c2ccc(-c3ccccc3)cc2c2c3oc4ccc(-c5ccccc5)cc4c3ccc21. The van der Waals surface area contributed by atoms with Crippen molar-refractivity contribution in [1.29, 1.82) is 0 Å². The molecule has 7 heterocycles. The summed E-state index contributed by atoms with van der Waals surface area (Å²) in [5.41, 5.74) is 23.3. The molecule has 0 aliphatic heterocycles. The number of aromatic nitrogens is 5. The number of fused-ring (bicyclic) bond motifs is 20. The van der Waals surface area contributed by atoms with Crippen LogP contribution in [0.4, 0.5) is 5.69 Å². The van der Waals surface area contributed by atoms with Crippen molar-refractivity contribution in [1.82, 2.24) is 24.1 Å². The van der Waals surface area contributed by atoms with E-state index >= 15 is 0 Å². The van der Waals surface area contributed by atoms with E-state index in [1.165, 1.54) is 0 Å². The summed E-state index contributed by atoms with van der Waals surface area (Å²) < 4.78 is 32.7. The van der Waals surface area contributed by atoms with E-state index in [1.807, 2.05) is 78.9 Å². The van der Waals surface area contributed by atoms with Gasteiger partial charge in [0.15, 0.2) is 17.5 Å². The maximum atomic E-state index is 10.0. The third-order valence-corrected chi connectivity index (χ3v) is 22.2. The van der Waals surface area contributed by atoms with Crippen LogP contribution in [0.5, 0.6) is 0 Å². The second-order valence-corrected chi connectivity index (χ2v) is 28.3. The summed E-state index contributed by atoms with van der Waals surface area (Å²) >= 11 is 0. The second-order valence-electron chi connectivity index (χ2n) is 28.3. The highest BCUT2D eigenvalue weighted by Gasteiger charge is 2.33. The second kappa shape index (κ2) is 23.9. The summed E-state index contributed by atoms with van der Waals surface area (Å²) in [5, 5.41) is 11.2. The lowest BCUT2D eigenvalue weighted by Crippen LogP contribution is -2.09. The molecule has 23 rings (SSSR count). The van der Waals surface area contributed by atoms with Gasteiger partial charge in [0.05, 0.1) is 50.8 Å². The Bertz CT molecular complexity index is 7700.